The number of aliphatic hydroxyl groups is 1. The molecule has 0 aliphatic heterocycles. The van der Waals surface area contributed by atoms with Gasteiger partial charge in [-0.1, -0.05) is 30.3 Å². The lowest BCUT2D eigenvalue weighted by atomic mass is 10.1. The van der Waals surface area contributed by atoms with E-state index in [0.29, 0.717) is 5.56 Å². The van der Waals surface area contributed by atoms with Crippen LogP contribution in [0, 0.1) is 12.0 Å². The lowest BCUT2D eigenvalue weighted by molar-refractivity contribution is -0.115. The zero-order valence-electron chi connectivity index (χ0n) is 7.69. The van der Waals surface area contributed by atoms with Crippen LogP contribution in [0.3, 0.4) is 0 Å². The third-order valence-corrected chi connectivity index (χ3v) is 1.49. The van der Waals surface area contributed by atoms with Crippen molar-refractivity contribution in [2.24, 2.45) is 4.99 Å². The molecule has 0 unspecified atom stereocenters. The Bertz CT molecular complexity index is 410. The highest BCUT2D eigenvalue weighted by Gasteiger charge is 2.00. The first-order chi connectivity index (χ1) is 6.74. The summed E-state index contributed by atoms with van der Waals surface area (Å²) < 4.78 is 0. The molecule has 1 aromatic carbocycles. The number of hydrogen-bond donors (Lipinski definition) is 1. The maximum absolute atomic E-state index is 10.8. The minimum Gasteiger partial charge on any atom is -0.462 e. The molecule has 0 bridgehead atoms. The van der Waals surface area contributed by atoms with Crippen LogP contribution in [-0.4, -0.2) is 16.7 Å². The standard InChI is InChI=1S/C11H9NO2/c1-9(14)12-11(7-8-13)10-5-3-2-4-6-10/h2-6,13H,1H3. The van der Waals surface area contributed by atoms with Crippen molar-refractivity contribution in [2.45, 2.75) is 6.92 Å². The quantitative estimate of drug-likeness (QED) is 0.533. The van der Waals surface area contributed by atoms with E-state index in [2.05, 4.69) is 10.9 Å². The van der Waals surface area contributed by atoms with Crippen LogP contribution in [0.2, 0.25) is 0 Å². The van der Waals surface area contributed by atoms with E-state index in [1.54, 1.807) is 18.2 Å². The fourth-order valence-corrected chi connectivity index (χ4v) is 0.971. The number of nitrogens with zero attached hydrogens (tertiary/aromatic N) is 1. The van der Waals surface area contributed by atoms with Crippen molar-refractivity contribution >= 4 is 11.6 Å². The lowest BCUT2D eigenvalue weighted by Crippen LogP contribution is -2.00. The van der Waals surface area contributed by atoms with E-state index >= 15 is 0 Å². The second-order valence-electron chi connectivity index (χ2n) is 2.58. The maximum Gasteiger partial charge on any atom is 0.243 e. The molecular formula is C11H9NO2. The number of carbonyl (C=O) groups is 1. The van der Waals surface area contributed by atoms with Gasteiger partial charge in [-0.3, -0.25) is 4.79 Å². The van der Waals surface area contributed by atoms with Gasteiger partial charge in [-0.2, -0.15) is 0 Å². The summed E-state index contributed by atoms with van der Waals surface area (Å²) in [6, 6.07) is 9.01. The van der Waals surface area contributed by atoms with E-state index in [9.17, 15) is 4.79 Å². The Morgan fingerprint density at radius 1 is 1.36 bits per heavy atom. The molecule has 0 atom stereocenters. The first kappa shape index (κ1) is 10.0. The molecule has 0 saturated carbocycles. The molecule has 0 radical (unpaired) electrons. The molecule has 0 aliphatic rings. The molecular weight excluding hydrogens is 178 g/mol. The number of rotatable bonds is 1. The Hall–Kier alpha value is -2.08. The first-order valence-electron chi connectivity index (χ1n) is 4.04. The van der Waals surface area contributed by atoms with E-state index in [0.717, 1.165) is 0 Å². The van der Waals surface area contributed by atoms with Gasteiger partial charge < -0.3 is 5.11 Å². The molecule has 1 N–H and O–H groups in total. The van der Waals surface area contributed by atoms with Crippen molar-refractivity contribution in [2.75, 3.05) is 0 Å². The van der Waals surface area contributed by atoms with E-state index in [1.165, 1.54) is 6.92 Å². The molecule has 3 nitrogen and oxygen atoms in total. The van der Waals surface area contributed by atoms with E-state index in [4.69, 9.17) is 5.11 Å². The SMILES string of the molecule is CC(=O)N=C(C#CO)c1ccccc1. The molecule has 0 spiro atoms. The van der Waals surface area contributed by atoms with Crippen molar-refractivity contribution in [1.29, 1.82) is 0 Å². The highest BCUT2D eigenvalue weighted by molar-refractivity contribution is 6.16. The Labute approximate surface area is 82.1 Å². The fourth-order valence-electron chi connectivity index (χ4n) is 0.971. The predicted molar refractivity (Wildman–Crippen MR) is 53.4 cm³/mol. The van der Waals surface area contributed by atoms with Crippen molar-refractivity contribution in [1.82, 2.24) is 0 Å². The Kier molecular flexibility index (Phi) is 3.45. The zero-order chi connectivity index (χ0) is 10.4. The van der Waals surface area contributed by atoms with Gasteiger partial charge in [-0.15, -0.1) is 0 Å². The van der Waals surface area contributed by atoms with E-state index < -0.39 is 0 Å². The maximum atomic E-state index is 10.8. The summed E-state index contributed by atoms with van der Waals surface area (Å²) in [4.78, 5) is 14.4. The second-order valence-corrected chi connectivity index (χ2v) is 2.58. The van der Waals surface area contributed by atoms with Gasteiger partial charge in [0.2, 0.25) is 5.91 Å². The number of carbonyl (C=O) groups excluding carboxylic acids is 1. The van der Waals surface area contributed by atoms with Crippen LogP contribution in [0.4, 0.5) is 0 Å². The summed E-state index contributed by atoms with van der Waals surface area (Å²) in [7, 11) is 0. The van der Waals surface area contributed by atoms with E-state index in [-0.39, 0.29) is 11.6 Å². The second kappa shape index (κ2) is 4.83. The van der Waals surface area contributed by atoms with Crippen LogP contribution in [-0.2, 0) is 4.79 Å². The normalized spacial score (nSPS) is 10.2. The average molecular weight is 187 g/mol. The largest absolute Gasteiger partial charge is 0.462 e. The molecule has 0 saturated heterocycles. The minimum atomic E-state index is -0.341. The molecule has 70 valence electrons. The van der Waals surface area contributed by atoms with Gasteiger partial charge >= 0.3 is 0 Å². The van der Waals surface area contributed by atoms with Gasteiger partial charge in [0, 0.05) is 12.5 Å². The van der Waals surface area contributed by atoms with Crippen molar-refractivity contribution in [3.05, 3.63) is 35.9 Å². The van der Waals surface area contributed by atoms with Gasteiger partial charge in [0.15, 0.2) is 0 Å². The number of aliphatic imine (C=N–C) groups is 1. The van der Waals surface area contributed by atoms with Crippen LogP contribution in [0.15, 0.2) is 35.3 Å². The highest BCUT2D eigenvalue weighted by Crippen LogP contribution is 2.00. The van der Waals surface area contributed by atoms with Gasteiger partial charge in [0.25, 0.3) is 0 Å². The number of amides is 1. The van der Waals surface area contributed by atoms with Gasteiger partial charge in [0.05, 0.1) is 0 Å². The zero-order valence-corrected chi connectivity index (χ0v) is 7.69. The molecule has 1 aromatic rings. The van der Waals surface area contributed by atoms with Gasteiger partial charge in [0.1, 0.15) is 11.8 Å². The summed E-state index contributed by atoms with van der Waals surface area (Å²) in [5, 5.41) is 8.46. The number of hydrogen-bond acceptors (Lipinski definition) is 2. The lowest BCUT2D eigenvalue weighted by Gasteiger charge is -1.96. The van der Waals surface area contributed by atoms with Crippen LogP contribution < -0.4 is 0 Å². The third-order valence-electron chi connectivity index (χ3n) is 1.49. The Balaban J connectivity index is 3.12. The predicted octanol–water partition coefficient (Wildman–Crippen LogP) is 1.36. The molecule has 3 heteroatoms. The van der Waals surface area contributed by atoms with E-state index in [1.807, 2.05) is 18.2 Å². The number of benzene rings is 1. The highest BCUT2D eigenvalue weighted by atomic mass is 16.2. The van der Waals surface area contributed by atoms with Crippen LogP contribution in [0.25, 0.3) is 0 Å². The number of aliphatic hydroxyl groups excluding tert-OH is 1. The van der Waals surface area contributed by atoms with Gasteiger partial charge in [-0.05, 0) is 5.92 Å². The summed E-state index contributed by atoms with van der Waals surface area (Å²) in [6.07, 6.45) is 1.74. The Morgan fingerprint density at radius 2 is 2.00 bits per heavy atom. The molecule has 1 amide bonds. The molecule has 0 aromatic heterocycles. The molecule has 0 fully saturated rings. The molecule has 0 heterocycles. The fraction of sp³-hybridized carbons (Fsp3) is 0.0909. The summed E-state index contributed by atoms with van der Waals surface area (Å²) in [5.74, 6) is 2.02. The van der Waals surface area contributed by atoms with Crippen molar-refractivity contribution < 1.29 is 9.90 Å². The third kappa shape index (κ3) is 2.76. The Morgan fingerprint density at radius 3 is 2.50 bits per heavy atom. The van der Waals surface area contributed by atoms with Crippen LogP contribution >= 0.6 is 0 Å². The van der Waals surface area contributed by atoms with Crippen molar-refractivity contribution in [3.8, 4) is 12.0 Å². The molecule has 0 aliphatic carbocycles. The summed E-state index contributed by atoms with van der Waals surface area (Å²) >= 11 is 0. The minimum absolute atomic E-state index is 0.278. The van der Waals surface area contributed by atoms with Crippen molar-refractivity contribution in [3.63, 3.8) is 0 Å². The summed E-state index contributed by atoms with van der Waals surface area (Å²) in [5.41, 5.74) is 0.991. The molecule has 14 heavy (non-hydrogen) atoms. The summed E-state index contributed by atoms with van der Waals surface area (Å²) in [6.45, 7) is 1.34. The molecule has 1 rings (SSSR count). The topological polar surface area (TPSA) is 49.7 Å². The van der Waals surface area contributed by atoms with Crippen LogP contribution in [0.1, 0.15) is 12.5 Å². The first-order valence-corrected chi connectivity index (χ1v) is 4.04. The van der Waals surface area contributed by atoms with Crippen LogP contribution in [0.5, 0.6) is 0 Å². The smallest absolute Gasteiger partial charge is 0.243 e. The average Bonchev–Trinajstić information content (AvgIpc) is 2.18. The van der Waals surface area contributed by atoms with Gasteiger partial charge in [-0.25, -0.2) is 4.99 Å². The monoisotopic (exact) mass is 187 g/mol.